The Bertz CT molecular complexity index is 1080. The van der Waals surface area contributed by atoms with E-state index in [1.165, 1.54) is 0 Å². The first-order valence-corrected chi connectivity index (χ1v) is 12.5. The molecule has 3 aromatic rings. The van der Waals surface area contributed by atoms with Gasteiger partial charge in [0.2, 0.25) is 5.89 Å². The molecule has 1 unspecified atom stereocenters. The topological polar surface area (TPSA) is 88.3 Å². The van der Waals surface area contributed by atoms with E-state index >= 15 is 0 Å². The summed E-state index contributed by atoms with van der Waals surface area (Å²) in [6.45, 7) is 9.99. The molecule has 0 bridgehead atoms. The van der Waals surface area contributed by atoms with Crippen LogP contribution in [-0.2, 0) is 11.0 Å². The normalized spacial score (nSPS) is 19.3. The molecule has 2 heterocycles. The molecule has 9 heteroatoms. The zero-order valence-corrected chi connectivity index (χ0v) is 20.8. The molecule has 4 rings (SSSR count). The van der Waals surface area contributed by atoms with Crippen LogP contribution in [0.3, 0.4) is 0 Å². The number of carbonyl (C=O) groups excluding carboxylic acids is 1. The second-order valence-electron chi connectivity index (χ2n) is 7.94. The van der Waals surface area contributed by atoms with Crippen molar-refractivity contribution in [2.45, 2.75) is 39.0 Å². The van der Waals surface area contributed by atoms with Gasteiger partial charge in [-0.3, -0.25) is 10.1 Å². The molecule has 3 atom stereocenters. The van der Waals surface area contributed by atoms with Gasteiger partial charge in [-0.25, -0.2) is 8.51 Å². The van der Waals surface area contributed by atoms with Crippen molar-refractivity contribution < 1.29 is 13.4 Å². The average molecular weight is 489 g/mol. The van der Waals surface area contributed by atoms with Gasteiger partial charge in [-0.1, -0.05) is 44.4 Å². The van der Waals surface area contributed by atoms with E-state index in [1.54, 1.807) is 48.5 Å². The van der Waals surface area contributed by atoms with Crippen LogP contribution < -0.4 is 5.32 Å². The molecule has 0 saturated carbocycles. The van der Waals surface area contributed by atoms with Gasteiger partial charge in [-0.05, 0) is 66.8 Å². The van der Waals surface area contributed by atoms with Crippen LogP contribution in [0.25, 0.3) is 11.5 Å². The number of hydrogen-bond acceptors (Lipinski definition) is 5. The lowest BCUT2D eigenvalue weighted by Crippen LogP contribution is -2.39. The van der Waals surface area contributed by atoms with Crippen molar-refractivity contribution in [3.63, 3.8) is 0 Å². The number of hydrogen-bond donors (Lipinski definition) is 1. The Kier molecular flexibility index (Phi) is 8.77. The average Bonchev–Trinajstić information content (AvgIpc) is 3.28. The van der Waals surface area contributed by atoms with Crippen LogP contribution in [0.1, 0.15) is 44.5 Å². The lowest BCUT2D eigenvalue weighted by atomic mass is 9.94. The third kappa shape index (κ3) is 6.50. The van der Waals surface area contributed by atoms with E-state index < -0.39 is 11.0 Å². The van der Waals surface area contributed by atoms with E-state index in [1.807, 2.05) is 18.2 Å². The van der Waals surface area contributed by atoms with E-state index in [9.17, 15) is 9.00 Å². The van der Waals surface area contributed by atoms with Crippen LogP contribution >= 0.6 is 11.6 Å². The molecule has 0 spiro atoms. The fraction of sp³-hybridized carbons (Fsp3) is 0.375. The molecule has 1 N–H and O–H groups in total. The van der Waals surface area contributed by atoms with Crippen molar-refractivity contribution in [1.82, 2.24) is 14.5 Å². The third-order valence-corrected chi connectivity index (χ3v) is 6.82. The van der Waals surface area contributed by atoms with Crippen LogP contribution in [0.5, 0.6) is 0 Å². The van der Waals surface area contributed by atoms with Gasteiger partial charge in [0.15, 0.2) is 0 Å². The van der Waals surface area contributed by atoms with E-state index in [0.29, 0.717) is 32.9 Å². The van der Waals surface area contributed by atoms with Crippen LogP contribution in [0.15, 0.2) is 57.8 Å². The SMILES string of the molecule is CC.C[C@@H]1C[C@H](C)CN(S(=O)c2ccc(C(=O)Nc3nnc(-c4ccc(Cl)cc4)o3)cc2)C1. The minimum Gasteiger partial charge on any atom is -0.403 e. The largest absolute Gasteiger partial charge is 0.403 e. The quantitative estimate of drug-likeness (QED) is 0.500. The number of nitrogens with zero attached hydrogens (tertiary/aromatic N) is 3. The van der Waals surface area contributed by atoms with Gasteiger partial charge >= 0.3 is 6.01 Å². The van der Waals surface area contributed by atoms with E-state index in [-0.39, 0.29) is 17.8 Å². The van der Waals surface area contributed by atoms with Gasteiger partial charge in [0.05, 0.1) is 4.90 Å². The summed E-state index contributed by atoms with van der Waals surface area (Å²) in [4.78, 5) is 13.2. The Hall–Kier alpha value is -2.55. The summed E-state index contributed by atoms with van der Waals surface area (Å²) >= 11 is 5.88. The fourth-order valence-corrected chi connectivity index (χ4v) is 5.34. The number of benzene rings is 2. The zero-order valence-electron chi connectivity index (χ0n) is 19.2. The summed E-state index contributed by atoms with van der Waals surface area (Å²) < 4.78 is 20.4. The second kappa shape index (κ2) is 11.5. The van der Waals surface area contributed by atoms with E-state index in [0.717, 1.165) is 19.5 Å². The number of nitrogens with one attached hydrogen (secondary N) is 1. The molecule has 1 aliphatic rings. The van der Waals surface area contributed by atoms with Crippen LogP contribution in [-0.4, -0.2) is 37.7 Å². The molecule has 1 fully saturated rings. The molecule has 1 aromatic heterocycles. The number of rotatable bonds is 5. The monoisotopic (exact) mass is 488 g/mol. The summed E-state index contributed by atoms with van der Waals surface area (Å²) in [7, 11) is -1.24. The molecule has 1 saturated heterocycles. The van der Waals surface area contributed by atoms with Gasteiger partial charge in [0.1, 0.15) is 11.0 Å². The summed E-state index contributed by atoms with van der Waals surface area (Å²) in [5.41, 5.74) is 1.11. The van der Waals surface area contributed by atoms with Gasteiger partial charge in [-0.2, -0.15) is 0 Å². The Morgan fingerprint density at radius 1 is 1.03 bits per heavy atom. The molecule has 1 aliphatic heterocycles. The molecule has 0 aliphatic carbocycles. The molecule has 1 amide bonds. The van der Waals surface area contributed by atoms with Crippen molar-refractivity contribution in [3.8, 4) is 11.5 Å². The second-order valence-corrected chi connectivity index (χ2v) is 9.86. The first kappa shape index (κ1) is 25.1. The van der Waals surface area contributed by atoms with Gasteiger partial charge in [0.25, 0.3) is 5.91 Å². The fourth-order valence-electron chi connectivity index (χ4n) is 3.77. The maximum Gasteiger partial charge on any atom is 0.322 e. The van der Waals surface area contributed by atoms with Gasteiger partial charge < -0.3 is 4.42 Å². The maximum atomic E-state index is 12.9. The first-order valence-electron chi connectivity index (χ1n) is 11.1. The van der Waals surface area contributed by atoms with Crippen molar-refractivity contribution in [3.05, 3.63) is 59.1 Å². The lowest BCUT2D eigenvalue weighted by molar-refractivity contribution is 0.102. The maximum absolute atomic E-state index is 12.9. The molecule has 2 aromatic carbocycles. The van der Waals surface area contributed by atoms with E-state index in [4.69, 9.17) is 16.0 Å². The Balaban J connectivity index is 0.00000149. The summed E-state index contributed by atoms with van der Waals surface area (Å²) in [6.07, 6.45) is 1.15. The summed E-state index contributed by atoms with van der Waals surface area (Å²) in [5, 5.41) is 11.0. The number of amides is 1. The zero-order chi connectivity index (χ0) is 24.0. The van der Waals surface area contributed by atoms with Crippen LogP contribution in [0.2, 0.25) is 5.02 Å². The van der Waals surface area contributed by atoms with Gasteiger partial charge in [-0.15, -0.1) is 5.10 Å². The number of carbonyl (C=O) groups is 1. The molecule has 7 nitrogen and oxygen atoms in total. The highest BCUT2D eigenvalue weighted by Gasteiger charge is 2.26. The van der Waals surface area contributed by atoms with Gasteiger partial charge in [0, 0.05) is 29.2 Å². The number of halogens is 1. The number of anilines is 1. The lowest BCUT2D eigenvalue weighted by Gasteiger charge is -2.33. The van der Waals surface area contributed by atoms with Crippen LogP contribution in [0.4, 0.5) is 6.01 Å². The molecule has 0 radical (unpaired) electrons. The Morgan fingerprint density at radius 2 is 1.64 bits per heavy atom. The number of aromatic nitrogens is 2. The Labute approximate surface area is 202 Å². The van der Waals surface area contributed by atoms with Crippen molar-refractivity contribution in [1.29, 1.82) is 0 Å². The highest BCUT2D eigenvalue weighted by molar-refractivity contribution is 7.82. The standard InChI is InChI=1S/C22H23ClN4O3S.C2H6/c1-14-11-15(2)13-27(12-14)31(29)19-9-5-16(6-10-19)20(28)24-22-26-25-21(30-22)17-3-7-18(23)8-4-17;1-2/h3-10,14-15H,11-13H2,1-2H3,(H,24,26,28);1-2H3/t14-,15+,31?;. The summed E-state index contributed by atoms with van der Waals surface area (Å²) in [5.74, 6) is 0.932. The molecule has 176 valence electrons. The molecular weight excluding hydrogens is 460 g/mol. The van der Waals surface area contributed by atoms with Crippen molar-refractivity contribution >= 4 is 34.5 Å². The smallest absolute Gasteiger partial charge is 0.322 e. The third-order valence-electron chi connectivity index (χ3n) is 5.12. The first-order chi connectivity index (χ1) is 15.9. The minimum absolute atomic E-state index is 0.00102. The highest BCUT2D eigenvalue weighted by atomic mass is 35.5. The predicted octanol–water partition coefficient (Wildman–Crippen LogP) is 5.67. The van der Waals surface area contributed by atoms with Crippen molar-refractivity contribution in [2.24, 2.45) is 11.8 Å². The molecule has 33 heavy (non-hydrogen) atoms. The Morgan fingerprint density at radius 3 is 2.24 bits per heavy atom. The van der Waals surface area contributed by atoms with E-state index in [2.05, 4.69) is 29.4 Å². The molecular formula is C24H29ClN4O3S. The highest BCUT2D eigenvalue weighted by Crippen LogP contribution is 2.25. The number of piperidine rings is 1. The minimum atomic E-state index is -1.24. The predicted molar refractivity (Wildman–Crippen MR) is 131 cm³/mol. The van der Waals surface area contributed by atoms with Crippen LogP contribution in [0, 0.1) is 11.8 Å². The summed E-state index contributed by atoms with van der Waals surface area (Å²) in [6, 6.07) is 13.7. The van der Waals surface area contributed by atoms with Crippen molar-refractivity contribution in [2.75, 3.05) is 18.4 Å².